The van der Waals surface area contributed by atoms with Crippen molar-refractivity contribution in [2.75, 3.05) is 38.7 Å². The van der Waals surface area contributed by atoms with Gasteiger partial charge in [0.25, 0.3) is 0 Å². The fourth-order valence-corrected chi connectivity index (χ4v) is 3.07. The molecule has 0 saturated heterocycles. The number of benzene rings is 1. The molecule has 128 valence electrons. The van der Waals surface area contributed by atoms with E-state index >= 15 is 0 Å². The first-order chi connectivity index (χ1) is 11.3. The van der Waals surface area contributed by atoms with Gasteiger partial charge in [0, 0.05) is 25.9 Å². The molecule has 0 bridgehead atoms. The fraction of sp³-hybridized carbons (Fsp3) is 0.611. The van der Waals surface area contributed by atoms with E-state index in [-0.39, 0.29) is 0 Å². The molecule has 5 nitrogen and oxygen atoms in total. The molecule has 4 N–H and O–H groups in total. The summed E-state index contributed by atoms with van der Waals surface area (Å²) >= 11 is 0. The number of nitrogens with two attached hydrogens (primary N) is 1. The van der Waals surface area contributed by atoms with Crippen LogP contribution in [-0.2, 0) is 4.74 Å². The number of para-hydroxylation sites is 1. The van der Waals surface area contributed by atoms with E-state index in [1.165, 1.54) is 25.7 Å². The normalized spacial score (nSPS) is 21.9. The third kappa shape index (κ3) is 6.59. The minimum Gasteiger partial charge on any atom is -0.383 e. The van der Waals surface area contributed by atoms with Crippen molar-refractivity contribution in [2.24, 2.45) is 22.6 Å². The number of nitrogens with one attached hydrogen (secondary N) is 2. The van der Waals surface area contributed by atoms with Crippen LogP contribution in [0.1, 0.15) is 25.7 Å². The van der Waals surface area contributed by atoms with Crippen LogP contribution in [0.15, 0.2) is 35.3 Å². The van der Waals surface area contributed by atoms with Crippen LogP contribution in [0.2, 0.25) is 0 Å². The maximum atomic E-state index is 5.83. The van der Waals surface area contributed by atoms with Gasteiger partial charge < -0.3 is 21.1 Å². The third-order valence-electron chi connectivity index (χ3n) is 4.37. The van der Waals surface area contributed by atoms with Gasteiger partial charge in [-0.3, -0.25) is 4.99 Å². The second kappa shape index (κ2) is 10.2. The summed E-state index contributed by atoms with van der Waals surface area (Å²) in [6.07, 6.45) is 5.02. The van der Waals surface area contributed by atoms with Crippen molar-refractivity contribution in [2.45, 2.75) is 25.7 Å². The van der Waals surface area contributed by atoms with Gasteiger partial charge >= 0.3 is 0 Å². The summed E-state index contributed by atoms with van der Waals surface area (Å²) in [7, 11) is 1.71. The first kappa shape index (κ1) is 17.8. The van der Waals surface area contributed by atoms with Gasteiger partial charge in [-0.25, -0.2) is 0 Å². The average molecular weight is 318 g/mol. The first-order valence-electron chi connectivity index (χ1n) is 8.61. The number of hydrogen-bond donors (Lipinski definition) is 3. The molecule has 0 aliphatic heterocycles. The fourth-order valence-electron chi connectivity index (χ4n) is 3.07. The van der Waals surface area contributed by atoms with Crippen LogP contribution in [-0.4, -0.2) is 39.3 Å². The molecule has 0 spiro atoms. The van der Waals surface area contributed by atoms with Crippen LogP contribution in [0.4, 0.5) is 5.69 Å². The Hall–Kier alpha value is -1.59. The lowest BCUT2D eigenvalue weighted by Crippen LogP contribution is -2.34. The Morgan fingerprint density at radius 1 is 1.26 bits per heavy atom. The summed E-state index contributed by atoms with van der Waals surface area (Å²) in [5, 5.41) is 6.68. The van der Waals surface area contributed by atoms with Crippen LogP contribution in [0.3, 0.4) is 0 Å². The number of ether oxygens (including phenoxy) is 1. The van der Waals surface area contributed by atoms with Crippen molar-refractivity contribution in [3.8, 4) is 0 Å². The minimum atomic E-state index is 0.647. The van der Waals surface area contributed by atoms with Gasteiger partial charge in [-0.2, -0.15) is 0 Å². The molecule has 1 aliphatic rings. The van der Waals surface area contributed by atoms with E-state index in [9.17, 15) is 0 Å². The minimum absolute atomic E-state index is 0.647. The molecule has 5 heteroatoms. The van der Waals surface area contributed by atoms with Gasteiger partial charge in [0.1, 0.15) is 0 Å². The van der Waals surface area contributed by atoms with Gasteiger partial charge in [-0.05, 0) is 49.8 Å². The van der Waals surface area contributed by atoms with E-state index in [1.54, 1.807) is 7.11 Å². The van der Waals surface area contributed by atoms with Gasteiger partial charge in [-0.1, -0.05) is 24.6 Å². The molecule has 2 unspecified atom stereocenters. The lowest BCUT2D eigenvalue weighted by molar-refractivity contribution is 0.204. The highest BCUT2D eigenvalue weighted by Crippen LogP contribution is 2.28. The zero-order chi connectivity index (χ0) is 16.3. The summed E-state index contributed by atoms with van der Waals surface area (Å²) in [6, 6.07) is 10.1. The third-order valence-corrected chi connectivity index (χ3v) is 4.37. The molecule has 2 atom stereocenters. The van der Waals surface area contributed by atoms with Crippen LogP contribution >= 0.6 is 0 Å². The highest BCUT2D eigenvalue weighted by atomic mass is 16.5. The van der Waals surface area contributed by atoms with E-state index < -0.39 is 0 Å². The molecule has 1 saturated carbocycles. The molecule has 1 fully saturated rings. The molecule has 1 aliphatic carbocycles. The zero-order valence-electron chi connectivity index (χ0n) is 14.1. The zero-order valence-corrected chi connectivity index (χ0v) is 14.1. The molecule has 0 amide bonds. The molecular weight excluding hydrogens is 288 g/mol. The standard InChI is InChI=1S/C18H30N4O/c1-23-11-10-20-18(22-17-8-3-2-4-9-17)21-14-16-7-5-6-15(12-16)13-19/h2-4,8-9,15-16H,5-7,10-14,19H2,1H3,(H2,20,21,22). The Morgan fingerprint density at radius 3 is 2.78 bits per heavy atom. The Morgan fingerprint density at radius 2 is 2.04 bits per heavy atom. The molecule has 0 radical (unpaired) electrons. The van der Waals surface area contributed by atoms with Crippen molar-refractivity contribution in [1.82, 2.24) is 5.32 Å². The molecule has 23 heavy (non-hydrogen) atoms. The molecule has 1 aromatic rings. The lowest BCUT2D eigenvalue weighted by Gasteiger charge is -2.27. The lowest BCUT2D eigenvalue weighted by atomic mass is 9.81. The highest BCUT2D eigenvalue weighted by molar-refractivity contribution is 5.93. The van der Waals surface area contributed by atoms with Crippen LogP contribution in [0, 0.1) is 11.8 Å². The largest absolute Gasteiger partial charge is 0.383 e. The summed E-state index contributed by atoms with van der Waals surface area (Å²) in [6.45, 7) is 3.06. The molecule has 2 rings (SSSR count). The van der Waals surface area contributed by atoms with Crippen molar-refractivity contribution in [1.29, 1.82) is 0 Å². The maximum Gasteiger partial charge on any atom is 0.195 e. The first-order valence-corrected chi connectivity index (χ1v) is 8.61. The second-order valence-electron chi connectivity index (χ2n) is 6.23. The van der Waals surface area contributed by atoms with Crippen molar-refractivity contribution in [3.63, 3.8) is 0 Å². The van der Waals surface area contributed by atoms with Gasteiger partial charge in [0.15, 0.2) is 5.96 Å². The quantitative estimate of drug-likeness (QED) is 0.410. The smallest absolute Gasteiger partial charge is 0.195 e. The van der Waals surface area contributed by atoms with Crippen molar-refractivity contribution >= 4 is 11.6 Å². The molecule has 0 heterocycles. The Labute approximate surface area is 139 Å². The van der Waals surface area contributed by atoms with Crippen LogP contribution in [0.5, 0.6) is 0 Å². The highest BCUT2D eigenvalue weighted by Gasteiger charge is 2.20. The number of anilines is 1. The number of aliphatic imine (C=N–C) groups is 1. The summed E-state index contributed by atoms with van der Waals surface area (Å²) in [5.74, 6) is 2.15. The summed E-state index contributed by atoms with van der Waals surface area (Å²) in [5.41, 5.74) is 6.87. The maximum absolute atomic E-state index is 5.83. The Bertz CT molecular complexity index is 463. The van der Waals surface area contributed by atoms with E-state index in [2.05, 4.69) is 10.6 Å². The van der Waals surface area contributed by atoms with E-state index in [0.29, 0.717) is 18.4 Å². The predicted octanol–water partition coefficient (Wildman–Crippen LogP) is 2.46. The SMILES string of the molecule is COCCNC(=NCC1CCCC(CN)C1)Nc1ccccc1. The topological polar surface area (TPSA) is 71.7 Å². The van der Waals surface area contributed by atoms with E-state index in [1.807, 2.05) is 30.3 Å². The van der Waals surface area contributed by atoms with Gasteiger partial charge in [-0.15, -0.1) is 0 Å². The molecule has 0 aromatic heterocycles. The van der Waals surface area contributed by atoms with Gasteiger partial charge in [0.05, 0.1) is 6.61 Å². The predicted molar refractivity (Wildman–Crippen MR) is 96.7 cm³/mol. The van der Waals surface area contributed by atoms with E-state index in [0.717, 1.165) is 31.3 Å². The Balaban J connectivity index is 1.91. The van der Waals surface area contributed by atoms with E-state index in [4.69, 9.17) is 15.5 Å². The van der Waals surface area contributed by atoms with Crippen LogP contribution < -0.4 is 16.4 Å². The molecule has 1 aromatic carbocycles. The monoisotopic (exact) mass is 318 g/mol. The Kier molecular flexibility index (Phi) is 7.90. The number of rotatable bonds is 7. The van der Waals surface area contributed by atoms with Crippen LogP contribution in [0.25, 0.3) is 0 Å². The van der Waals surface area contributed by atoms with Gasteiger partial charge in [0.2, 0.25) is 0 Å². The van der Waals surface area contributed by atoms with Crippen molar-refractivity contribution < 1.29 is 4.74 Å². The number of methoxy groups -OCH3 is 1. The second-order valence-corrected chi connectivity index (χ2v) is 6.23. The number of hydrogen-bond acceptors (Lipinski definition) is 3. The summed E-state index contributed by atoms with van der Waals surface area (Å²) in [4.78, 5) is 4.78. The number of guanidine groups is 1. The summed E-state index contributed by atoms with van der Waals surface area (Å²) < 4.78 is 5.11. The van der Waals surface area contributed by atoms with Crippen molar-refractivity contribution in [3.05, 3.63) is 30.3 Å². The average Bonchev–Trinajstić information content (AvgIpc) is 2.61. The molecular formula is C18H30N4O. The number of nitrogens with zero attached hydrogens (tertiary/aromatic N) is 1.